The molecule has 2 heterocycles. The molecule has 2 fully saturated rings. The SMILES string of the molecule is CN=C(NCCCCN1CCN(Cc2ccccc2)CC1)N1CCCC(C)C1. The van der Waals surface area contributed by atoms with Crippen molar-refractivity contribution in [2.75, 3.05) is 59.4 Å². The van der Waals surface area contributed by atoms with Gasteiger partial charge in [0, 0.05) is 59.4 Å². The van der Waals surface area contributed by atoms with Crippen LogP contribution in [0.2, 0.25) is 0 Å². The first-order valence-corrected chi connectivity index (χ1v) is 11.2. The van der Waals surface area contributed by atoms with Crippen LogP contribution in [-0.4, -0.2) is 80.1 Å². The fourth-order valence-electron chi connectivity index (χ4n) is 4.39. The van der Waals surface area contributed by atoms with Crippen LogP contribution >= 0.6 is 0 Å². The number of aliphatic imine (C=N–C) groups is 1. The van der Waals surface area contributed by atoms with E-state index in [1.54, 1.807) is 0 Å². The molecule has 0 saturated carbocycles. The second-order valence-electron chi connectivity index (χ2n) is 8.48. The molecule has 1 atom stereocenters. The van der Waals surface area contributed by atoms with Crippen molar-refractivity contribution in [1.29, 1.82) is 0 Å². The number of piperazine rings is 1. The van der Waals surface area contributed by atoms with Gasteiger partial charge in [0.15, 0.2) is 5.96 Å². The number of guanidine groups is 1. The maximum absolute atomic E-state index is 4.49. The predicted octanol–water partition coefficient (Wildman–Crippen LogP) is 2.89. The number of hydrogen-bond donors (Lipinski definition) is 1. The minimum Gasteiger partial charge on any atom is -0.356 e. The van der Waals surface area contributed by atoms with Crippen LogP contribution in [0.3, 0.4) is 0 Å². The third kappa shape index (κ3) is 6.78. The topological polar surface area (TPSA) is 34.1 Å². The largest absolute Gasteiger partial charge is 0.356 e. The van der Waals surface area contributed by atoms with Gasteiger partial charge in [-0.25, -0.2) is 0 Å². The number of likely N-dealkylation sites (tertiary alicyclic amines) is 1. The Kier molecular flexibility index (Phi) is 8.62. The maximum atomic E-state index is 4.49. The van der Waals surface area contributed by atoms with Crippen LogP contribution in [0.25, 0.3) is 0 Å². The molecule has 2 saturated heterocycles. The molecule has 1 N–H and O–H groups in total. The second kappa shape index (κ2) is 11.4. The fraction of sp³-hybridized carbons (Fsp3) is 0.696. The van der Waals surface area contributed by atoms with Crippen LogP contribution in [0.5, 0.6) is 0 Å². The predicted molar refractivity (Wildman–Crippen MR) is 119 cm³/mol. The molecule has 0 bridgehead atoms. The third-order valence-electron chi connectivity index (χ3n) is 6.07. The van der Waals surface area contributed by atoms with E-state index in [-0.39, 0.29) is 0 Å². The number of nitrogens with one attached hydrogen (secondary N) is 1. The smallest absolute Gasteiger partial charge is 0.193 e. The van der Waals surface area contributed by atoms with E-state index in [0.717, 1.165) is 38.1 Å². The summed E-state index contributed by atoms with van der Waals surface area (Å²) in [6.07, 6.45) is 5.12. The molecule has 0 aliphatic carbocycles. The van der Waals surface area contributed by atoms with E-state index in [9.17, 15) is 0 Å². The van der Waals surface area contributed by atoms with Crippen LogP contribution in [0.1, 0.15) is 38.2 Å². The van der Waals surface area contributed by atoms with Crippen LogP contribution in [0.15, 0.2) is 35.3 Å². The van der Waals surface area contributed by atoms with Gasteiger partial charge in [-0.3, -0.25) is 9.89 Å². The molecule has 3 rings (SSSR count). The van der Waals surface area contributed by atoms with Gasteiger partial charge in [0.2, 0.25) is 0 Å². The minimum absolute atomic E-state index is 0.785. The standard InChI is InChI=1S/C23H39N5/c1-21-9-8-14-28(19-21)23(24-2)25-12-6-7-13-26-15-17-27(18-16-26)20-22-10-4-3-5-11-22/h3-5,10-11,21H,6-9,12-20H2,1-2H3,(H,24,25). The van der Waals surface area contributed by atoms with Gasteiger partial charge in [-0.15, -0.1) is 0 Å². The number of piperidine rings is 1. The van der Waals surface area contributed by atoms with Gasteiger partial charge in [0.05, 0.1) is 0 Å². The van der Waals surface area contributed by atoms with Gasteiger partial charge in [0.1, 0.15) is 0 Å². The van der Waals surface area contributed by atoms with Crippen molar-refractivity contribution in [3.8, 4) is 0 Å². The summed E-state index contributed by atoms with van der Waals surface area (Å²) in [5, 5.41) is 3.58. The Morgan fingerprint density at radius 1 is 1.04 bits per heavy atom. The normalized spacial score (nSPS) is 22.4. The highest BCUT2D eigenvalue weighted by atomic mass is 15.3. The van der Waals surface area contributed by atoms with E-state index in [4.69, 9.17) is 0 Å². The molecule has 5 nitrogen and oxygen atoms in total. The lowest BCUT2D eigenvalue weighted by molar-refractivity contribution is 0.126. The zero-order valence-electron chi connectivity index (χ0n) is 17.9. The zero-order chi connectivity index (χ0) is 19.6. The molecular formula is C23H39N5. The lowest BCUT2D eigenvalue weighted by atomic mass is 10.0. The first-order chi connectivity index (χ1) is 13.7. The lowest BCUT2D eigenvalue weighted by Gasteiger charge is -2.35. The van der Waals surface area contributed by atoms with Crippen molar-refractivity contribution >= 4 is 5.96 Å². The first kappa shape index (κ1) is 21.1. The molecule has 156 valence electrons. The van der Waals surface area contributed by atoms with Gasteiger partial charge < -0.3 is 15.1 Å². The quantitative estimate of drug-likeness (QED) is 0.445. The summed E-state index contributed by atoms with van der Waals surface area (Å²) in [5.74, 6) is 1.88. The van der Waals surface area contributed by atoms with Gasteiger partial charge in [-0.05, 0) is 43.7 Å². The Morgan fingerprint density at radius 2 is 1.79 bits per heavy atom. The van der Waals surface area contributed by atoms with Crippen LogP contribution in [-0.2, 0) is 6.54 Å². The molecule has 1 aromatic rings. The summed E-state index contributed by atoms with van der Waals surface area (Å²) in [6, 6.07) is 10.8. The molecule has 0 amide bonds. The van der Waals surface area contributed by atoms with Crippen LogP contribution in [0.4, 0.5) is 0 Å². The lowest BCUT2D eigenvalue weighted by Crippen LogP contribution is -2.47. The second-order valence-corrected chi connectivity index (χ2v) is 8.48. The molecule has 5 heteroatoms. The van der Waals surface area contributed by atoms with E-state index >= 15 is 0 Å². The summed E-state index contributed by atoms with van der Waals surface area (Å²) >= 11 is 0. The summed E-state index contributed by atoms with van der Waals surface area (Å²) < 4.78 is 0. The Bertz CT molecular complexity index is 580. The molecular weight excluding hydrogens is 346 g/mol. The minimum atomic E-state index is 0.785. The highest BCUT2D eigenvalue weighted by Gasteiger charge is 2.19. The van der Waals surface area contributed by atoms with Crippen molar-refractivity contribution in [1.82, 2.24) is 20.0 Å². The number of nitrogens with zero attached hydrogens (tertiary/aromatic N) is 4. The van der Waals surface area contributed by atoms with E-state index < -0.39 is 0 Å². The Morgan fingerprint density at radius 3 is 2.50 bits per heavy atom. The summed E-state index contributed by atoms with van der Waals surface area (Å²) in [6.45, 7) is 12.8. The highest BCUT2D eigenvalue weighted by molar-refractivity contribution is 5.79. The highest BCUT2D eigenvalue weighted by Crippen LogP contribution is 2.15. The molecule has 1 aromatic carbocycles. The van der Waals surface area contributed by atoms with E-state index in [1.807, 2.05) is 7.05 Å². The molecule has 1 unspecified atom stereocenters. The first-order valence-electron chi connectivity index (χ1n) is 11.2. The van der Waals surface area contributed by atoms with Crippen molar-refractivity contribution in [3.05, 3.63) is 35.9 Å². The average Bonchev–Trinajstić information content (AvgIpc) is 2.73. The fourth-order valence-corrected chi connectivity index (χ4v) is 4.39. The van der Waals surface area contributed by atoms with E-state index in [2.05, 4.69) is 62.3 Å². The van der Waals surface area contributed by atoms with Gasteiger partial charge in [-0.1, -0.05) is 37.3 Å². The summed E-state index contributed by atoms with van der Waals surface area (Å²) in [4.78, 5) is 12.1. The summed E-state index contributed by atoms with van der Waals surface area (Å²) in [5.41, 5.74) is 1.43. The Balaban J connectivity index is 1.26. The van der Waals surface area contributed by atoms with Crippen molar-refractivity contribution < 1.29 is 0 Å². The molecule has 28 heavy (non-hydrogen) atoms. The van der Waals surface area contributed by atoms with Gasteiger partial charge in [-0.2, -0.15) is 0 Å². The molecule has 2 aliphatic rings. The van der Waals surface area contributed by atoms with E-state index in [1.165, 1.54) is 64.0 Å². The number of rotatable bonds is 7. The van der Waals surface area contributed by atoms with Crippen molar-refractivity contribution in [3.63, 3.8) is 0 Å². The van der Waals surface area contributed by atoms with Gasteiger partial charge >= 0.3 is 0 Å². The van der Waals surface area contributed by atoms with Crippen LogP contribution in [0, 0.1) is 5.92 Å². The van der Waals surface area contributed by atoms with E-state index in [0.29, 0.717) is 0 Å². The molecule has 0 spiro atoms. The van der Waals surface area contributed by atoms with Crippen molar-refractivity contribution in [2.45, 2.75) is 39.2 Å². The van der Waals surface area contributed by atoms with Gasteiger partial charge in [0.25, 0.3) is 0 Å². The third-order valence-corrected chi connectivity index (χ3v) is 6.07. The Labute approximate surface area is 171 Å². The average molecular weight is 386 g/mol. The summed E-state index contributed by atoms with van der Waals surface area (Å²) in [7, 11) is 1.91. The number of hydrogen-bond acceptors (Lipinski definition) is 3. The number of benzene rings is 1. The van der Waals surface area contributed by atoms with Crippen molar-refractivity contribution in [2.24, 2.45) is 10.9 Å². The molecule has 0 aromatic heterocycles. The van der Waals surface area contributed by atoms with Crippen LogP contribution < -0.4 is 5.32 Å². The molecule has 2 aliphatic heterocycles. The number of unbranched alkanes of at least 4 members (excludes halogenated alkanes) is 1. The maximum Gasteiger partial charge on any atom is 0.193 e. The monoisotopic (exact) mass is 385 g/mol. The zero-order valence-corrected chi connectivity index (χ0v) is 17.9. The Hall–Kier alpha value is -1.59. The molecule has 0 radical (unpaired) electrons.